The van der Waals surface area contributed by atoms with E-state index in [0.717, 1.165) is 61.4 Å². The molecule has 2 aromatic rings. The van der Waals surface area contributed by atoms with Gasteiger partial charge in [-0.3, -0.25) is 4.79 Å². The summed E-state index contributed by atoms with van der Waals surface area (Å²) in [7, 11) is 0. The first kappa shape index (κ1) is 18.5. The summed E-state index contributed by atoms with van der Waals surface area (Å²) in [4.78, 5) is 28.6. The van der Waals surface area contributed by atoms with Crippen molar-refractivity contribution in [3.05, 3.63) is 23.7 Å². The summed E-state index contributed by atoms with van der Waals surface area (Å²) >= 11 is 0. The van der Waals surface area contributed by atoms with Gasteiger partial charge in [0.25, 0.3) is 0 Å². The van der Waals surface area contributed by atoms with Crippen LogP contribution in [0.1, 0.15) is 51.9 Å². The molecule has 2 aromatic heterocycles. The number of carbonyl (C=O) groups is 1. The Labute approximate surface area is 155 Å². The molecule has 1 amide bonds. The number of piperidine rings is 1. The third kappa shape index (κ3) is 3.94. The van der Waals surface area contributed by atoms with E-state index < -0.39 is 0 Å². The minimum Gasteiger partial charge on any atom is -0.369 e. The monoisotopic (exact) mass is 355 g/mol. The quantitative estimate of drug-likeness (QED) is 0.893. The highest BCUT2D eigenvalue weighted by atomic mass is 16.2. The van der Waals surface area contributed by atoms with Crippen LogP contribution >= 0.6 is 0 Å². The number of pyridine rings is 1. The lowest BCUT2D eigenvalue weighted by molar-refractivity contribution is -0.125. The third-order valence-corrected chi connectivity index (χ3v) is 4.92. The van der Waals surface area contributed by atoms with Crippen LogP contribution in [0.3, 0.4) is 0 Å². The van der Waals surface area contributed by atoms with Gasteiger partial charge in [-0.05, 0) is 45.6 Å². The van der Waals surface area contributed by atoms with Crippen molar-refractivity contribution >= 4 is 22.8 Å². The van der Waals surface area contributed by atoms with E-state index in [2.05, 4.69) is 40.1 Å². The second-order valence-corrected chi connectivity index (χ2v) is 7.31. The van der Waals surface area contributed by atoms with Crippen molar-refractivity contribution in [3.63, 3.8) is 0 Å². The van der Waals surface area contributed by atoms with Crippen LogP contribution in [0, 0.1) is 5.92 Å². The Kier molecular flexibility index (Phi) is 5.69. The molecule has 3 rings (SSSR count). The van der Waals surface area contributed by atoms with Gasteiger partial charge in [0, 0.05) is 19.1 Å². The van der Waals surface area contributed by atoms with E-state index in [1.807, 2.05) is 20.0 Å². The maximum Gasteiger partial charge on any atom is 0.225 e. The molecule has 1 aliphatic rings. The zero-order valence-corrected chi connectivity index (χ0v) is 16.2. The molecule has 1 saturated heterocycles. The third-order valence-electron chi connectivity index (χ3n) is 4.92. The van der Waals surface area contributed by atoms with Gasteiger partial charge < -0.3 is 10.2 Å². The molecule has 1 atom stereocenters. The summed E-state index contributed by atoms with van der Waals surface area (Å²) in [5.41, 5.74) is 4.65. The zero-order chi connectivity index (χ0) is 18.7. The number of carbonyl (C=O) groups excluding carboxylic acids is 1. The molecule has 6 heteroatoms. The van der Waals surface area contributed by atoms with Crippen molar-refractivity contribution in [3.8, 4) is 0 Å². The second kappa shape index (κ2) is 7.98. The van der Waals surface area contributed by atoms with E-state index in [0.29, 0.717) is 5.65 Å². The summed E-state index contributed by atoms with van der Waals surface area (Å²) in [6.07, 6.45) is 5.56. The molecule has 1 N–H and O–H groups in total. The fraction of sp³-hybridized carbons (Fsp3) is 0.600. The smallest absolute Gasteiger partial charge is 0.225 e. The normalized spacial score (nSPS) is 17.7. The Morgan fingerprint density at radius 2 is 2.00 bits per heavy atom. The van der Waals surface area contributed by atoms with E-state index in [1.54, 1.807) is 0 Å². The van der Waals surface area contributed by atoms with Crippen molar-refractivity contribution < 1.29 is 4.79 Å². The Morgan fingerprint density at radius 3 is 2.69 bits per heavy atom. The van der Waals surface area contributed by atoms with Gasteiger partial charge in [0.05, 0.1) is 29.2 Å². The molecule has 0 aliphatic carbocycles. The molecule has 26 heavy (non-hydrogen) atoms. The maximum atomic E-state index is 12.4. The summed E-state index contributed by atoms with van der Waals surface area (Å²) < 4.78 is 0. The zero-order valence-electron chi connectivity index (χ0n) is 16.2. The molecule has 0 radical (unpaired) electrons. The Morgan fingerprint density at radius 1 is 1.27 bits per heavy atom. The first-order valence-electron chi connectivity index (χ1n) is 9.72. The molecule has 6 nitrogen and oxygen atoms in total. The van der Waals surface area contributed by atoms with Gasteiger partial charge in [-0.15, -0.1) is 0 Å². The Bertz CT molecular complexity index is 789. The Hall–Kier alpha value is -2.24. The van der Waals surface area contributed by atoms with Crippen molar-refractivity contribution in [2.45, 2.75) is 59.4 Å². The fourth-order valence-electron chi connectivity index (χ4n) is 3.57. The summed E-state index contributed by atoms with van der Waals surface area (Å²) in [5, 5.41) is 3.04. The minimum atomic E-state index is 0.0293. The lowest BCUT2D eigenvalue weighted by atomic mass is 9.96. The highest BCUT2D eigenvalue weighted by Crippen LogP contribution is 2.25. The van der Waals surface area contributed by atoms with E-state index in [4.69, 9.17) is 4.98 Å². The second-order valence-electron chi connectivity index (χ2n) is 7.31. The maximum absolute atomic E-state index is 12.4. The summed E-state index contributed by atoms with van der Waals surface area (Å²) in [5.74, 6) is 0.181. The summed E-state index contributed by atoms with van der Waals surface area (Å²) in [6, 6.07) is 2.24. The minimum absolute atomic E-state index is 0.0293. The fourth-order valence-corrected chi connectivity index (χ4v) is 3.57. The molecule has 0 aromatic carbocycles. The van der Waals surface area contributed by atoms with Crippen molar-refractivity contribution in [1.82, 2.24) is 20.3 Å². The number of anilines is 1. The molecular weight excluding hydrogens is 326 g/mol. The van der Waals surface area contributed by atoms with E-state index in [1.165, 1.54) is 0 Å². The van der Waals surface area contributed by atoms with Crippen LogP contribution in [0.25, 0.3) is 11.2 Å². The average Bonchev–Trinajstić information content (AvgIpc) is 2.65. The molecule has 0 saturated carbocycles. The van der Waals surface area contributed by atoms with Gasteiger partial charge in [0.1, 0.15) is 5.52 Å². The van der Waals surface area contributed by atoms with E-state index in [9.17, 15) is 4.79 Å². The predicted molar refractivity (Wildman–Crippen MR) is 104 cm³/mol. The number of hydrogen-bond donors (Lipinski definition) is 1. The van der Waals surface area contributed by atoms with Gasteiger partial charge in [0.15, 0.2) is 5.65 Å². The van der Waals surface area contributed by atoms with Crippen molar-refractivity contribution in [2.75, 3.05) is 18.0 Å². The standard InChI is InChI=1S/C20H29N5O/c1-5-16-17(6-2)24-19-18(23-16)10-15(11-21-19)25-9-7-8-14(12-25)20(26)22-13(3)4/h10-11,13-14H,5-9,12H2,1-4H3,(H,22,26). The van der Waals surface area contributed by atoms with Gasteiger partial charge in [-0.25, -0.2) is 15.0 Å². The highest BCUT2D eigenvalue weighted by molar-refractivity contribution is 5.80. The van der Waals surface area contributed by atoms with Crippen LogP contribution in [0.2, 0.25) is 0 Å². The van der Waals surface area contributed by atoms with Gasteiger partial charge in [-0.1, -0.05) is 13.8 Å². The first-order chi connectivity index (χ1) is 12.5. The molecular formula is C20H29N5O. The van der Waals surface area contributed by atoms with Crippen LogP contribution in [-0.2, 0) is 17.6 Å². The van der Waals surface area contributed by atoms with E-state index in [-0.39, 0.29) is 17.9 Å². The predicted octanol–water partition coefficient (Wildman–Crippen LogP) is 2.89. The largest absolute Gasteiger partial charge is 0.369 e. The first-order valence-corrected chi connectivity index (χ1v) is 9.72. The lowest BCUT2D eigenvalue weighted by Crippen LogP contribution is -2.44. The lowest BCUT2D eigenvalue weighted by Gasteiger charge is -2.33. The number of aromatic nitrogens is 3. The number of hydrogen-bond acceptors (Lipinski definition) is 5. The van der Waals surface area contributed by atoms with Gasteiger partial charge in [0.2, 0.25) is 5.91 Å². The average molecular weight is 355 g/mol. The number of nitrogens with zero attached hydrogens (tertiary/aromatic N) is 4. The molecule has 0 spiro atoms. The van der Waals surface area contributed by atoms with Crippen molar-refractivity contribution in [1.29, 1.82) is 0 Å². The Balaban J connectivity index is 1.84. The summed E-state index contributed by atoms with van der Waals surface area (Å²) in [6.45, 7) is 9.88. The van der Waals surface area contributed by atoms with E-state index >= 15 is 0 Å². The van der Waals surface area contributed by atoms with Gasteiger partial charge in [-0.2, -0.15) is 0 Å². The van der Waals surface area contributed by atoms with Crippen LogP contribution < -0.4 is 10.2 Å². The number of amides is 1. The number of fused-ring (bicyclic) bond motifs is 1. The SMILES string of the molecule is CCc1nc2cc(N3CCCC(C(=O)NC(C)C)C3)cnc2nc1CC. The molecule has 1 unspecified atom stereocenters. The topological polar surface area (TPSA) is 71.0 Å². The van der Waals surface area contributed by atoms with Crippen molar-refractivity contribution in [2.24, 2.45) is 5.92 Å². The highest BCUT2D eigenvalue weighted by Gasteiger charge is 2.26. The molecule has 140 valence electrons. The molecule has 1 fully saturated rings. The van der Waals surface area contributed by atoms with Crippen LogP contribution in [0.5, 0.6) is 0 Å². The van der Waals surface area contributed by atoms with Crippen LogP contribution in [0.15, 0.2) is 12.3 Å². The molecule has 3 heterocycles. The molecule has 1 aliphatic heterocycles. The number of aryl methyl sites for hydroxylation is 2. The van der Waals surface area contributed by atoms with Gasteiger partial charge >= 0.3 is 0 Å². The number of nitrogens with one attached hydrogen (secondary N) is 1. The van der Waals surface area contributed by atoms with Crippen LogP contribution in [0.4, 0.5) is 5.69 Å². The number of rotatable bonds is 5. The van der Waals surface area contributed by atoms with Crippen LogP contribution in [-0.4, -0.2) is 40.0 Å². The molecule has 0 bridgehead atoms.